The molecule has 0 bridgehead atoms. The van der Waals surface area contributed by atoms with Crippen LogP contribution in [0, 0.1) is 5.92 Å². The highest BCUT2D eigenvalue weighted by Crippen LogP contribution is 2.28. The third-order valence-corrected chi connectivity index (χ3v) is 7.05. The van der Waals surface area contributed by atoms with E-state index in [1.807, 2.05) is 24.5 Å². The van der Waals surface area contributed by atoms with E-state index in [2.05, 4.69) is 43.3 Å². The molecule has 2 fully saturated rings. The van der Waals surface area contributed by atoms with Crippen molar-refractivity contribution in [3.63, 3.8) is 0 Å². The number of nitrogens with zero attached hydrogens (tertiary/aromatic N) is 5. The number of piperidine rings is 1. The molecule has 1 aliphatic heterocycles. The van der Waals surface area contributed by atoms with Crippen LogP contribution in [0.3, 0.4) is 0 Å². The summed E-state index contributed by atoms with van der Waals surface area (Å²) in [5, 5.41) is 8.19. The minimum atomic E-state index is 0.710. The minimum Gasteiger partial charge on any atom is -0.300 e. The van der Waals surface area contributed by atoms with E-state index in [1.165, 1.54) is 69.2 Å². The van der Waals surface area contributed by atoms with Gasteiger partial charge in [0.15, 0.2) is 0 Å². The Morgan fingerprint density at radius 2 is 1.90 bits per heavy atom. The molecule has 1 saturated heterocycles. The number of hydrogen-bond acceptors (Lipinski definition) is 6. The second-order valence-electron chi connectivity index (χ2n) is 9.38. The highest BCUT2D eigenvalue weighted by molar-refractivity contribution is 5.76. The molecule has 6 nitrogen and oxygen atoms in total. The van der Waals surface area contributed by atoms with Crippen molar-refractivity contribution in [3.8, 4) is 0 Å². The van der Waals surface area contributed by atoms with Crippen LogP contribution >= 0.6 is 0 Å². The van der Waals surface area contributed by atoms with E-state index in [9.17, 15) is 0 Å². The molecule has 2 aliphatic rings. The van der Waals surface area contributed by atoms with Crippen LogP contribution in [0.15, 0.2) is 47.4 Å². The SMILES string of the molecule is c1cncc(CN(Cc2cccc3nonc23)C[C@H]2CCCN(C3CCCCC3)C2)c1. The number of aromatic nitrogens is 3. The van der Waals surface area contributed by atoms with Crippen molar-refractivity contribution in [1.82, 2.24) is 25.1 Å². The largest absolute Gasteiger partial charge is 0.300 e. The molecule has 1 atom stereocenters. The maximum atomic E-state index is 5.00. The molecule has 0 radical (unpaired) electrons. The van der Waals surface area contributed by atoms with Gasteiger partial charge in [-0.1, -0.05) is 37.5 Å². The Morgan fingerprint density at radius 1 is 0.968 bits per heavy atom. The molecule has 0 unspecified atom stereocenters. The van der Waals surface area contributed by atoms with Crippen LogP contribution in [0.4, 0.5) is 0 Å². The average Bonchev–Trinajstić information content (AvgIpc) is 3.31. The summed E-state index contributed by atoms with van der Waals surface area (Å²) in [7, 11) is 0. The van der Waals surface area contributed by atoms with Crippen molar-refractivity contribution in [2.24, 2.45) is 5.92 Å². The zero-order valence-corrected chi connectivity index (χ0v) is 18.3. The van der Waals surface area contributed by atoms with Crippen LogP contribution in [0.5, 0.6) is 0 Å². The molecular weight excluding hydrogens is 386 g/mol. The summed E-state index contributed by atoms with van der Waals surface area (Å²) in [6.07, 6.45) is 13.5. The Bertz CT molecular complexity index is 953. The molecule has 0 spiro atoms. The molecule has 1 aliphatic carbocycles. The van der Waals surface area contributed by atoms with Crippen LogP contribution in [-0.4, -0.2) is 50.8 Å². The molecule has 2 aromatic heterocycles. The monoisotopic (exact) mass is 419 g/mol. The first-order valence-corrected chi connectivity index (χ1v) is 11.9. The van der Waals surface area contributed by atoms with Gasteiger partial charge >= 0.3 is 0 Å². The normalized spacial score (nSPS) is 21.1. The fraction of sp³-hybridized carbons (Fsp3) is 0.560. The fourth-order valence-corrected chi connectivity index (χ4v) is 5.55. The molecule has 164 valence electrons. The number of pyridine rings is 1. The van der Waals surface area contributed by atoms with E-state index in [4.69, 9.17) is 4.63 Å². The van der Waals surface area contributed by atoms with Crippen molar-refractivity contribution in [1.29, 1.82) is 0 Å². The molecule has 31 heavy (non-hydrogen) atoms. The van der Waals surface area contributed by atoms with Crippen molar-refractivity contribution >= 4 is 11.0 Å². The van der Waals surface area contributed by atoms with Crippen LogP contribution in [-0.2, 0) is 13.1 Å². The summed E-state index contributed by atoms with van der Waals surface area (Å²) in [6.45, 7) is 5.37. The van der Waals surface area contributed by atoms with E-state index in [1.54, 1.807) is 0 Å². The Kier molecular flexibility index (Phi) is 6.56. The van der Waals surface area contributed by atoms with Gasteiger partial charge in [-0.05, 0) is 71.7 Å². The van der Waals surface area contributed by atoms with E-state index < -0.39 is 0 Å². The number of hydrogen-bond donors (Lipinski definition) is 0. The van der Waals surface area contributed by atoms with Crippen LogP contribution < -0.4 is 0 Å². The van der Waals surface area contributed by atoms with Gasteiger partial charge in [0.05, 0.1) is 0 Å². The summed E-state index contributed by atoms with van der Waals surface area (Å²) in [4.78, 5) is 9.70. The zero-order chi connectivity index (χ0) is 20.9. The van der Waals surface area contributed by atoms with Gasteiger partial charge in [-0.15, -0.1) is 0 Å². The summed E-state index contributed by atoms with van der Waals surface area (Å²) in [5.74, 6) is 0.710. The third kappa shape index (κ3) is 5.13. The minimum absolute atomic E-state index is 0.710. The number of benzene rings is 1. The molecular formula is C25H33N5O. The summed E-state index contributed by atoms with van der Waals surface area (Å²) in [6, 6.07) is 11.2. The first-order valence-electron chi connectivity index (χ1n) is 11.9. The average molecular weight is 420 g/mol. The summed E-state index contributed by atoms with van der Waals surface area (Å²) in [5.41, 5.74) is 4.15. The van der Waals surface area contributed by atoms with E-state index in [-0.39, 0.29) is 0 Å². The lowest BCUT2D eigenvalue weighted by atomic mass is 9.90. The van der Waals surface area contributed by atoms with Gasteiger partial charge in [0.25, 0.3) is 0 Å². The van der Waals surface area contributed by atoms with Gasteiger partial charge in [0.1, 0.15) is 11.0 Å². The van der Waals surface area contributed by atoms with E-state index in [0.29, 0.717) is 5.92 Å². The first kappa shape index (κ1) is 20.6. The maximum absolute atomic E-state index is 5.00. The number of rotatable bonds is 7. The van der Waals surface area contributed by atoms with Gasteiger partial charge in [0, 0.05) is 44.6 Å². The van der Waals surface area contributed by atoms with Crippen LogP contribution in [0.2, 0.25) is 0 Å². The predicted molar refractivity (Wildman–Crippen MR) is 121 cm³/mol. The Balaban J connectivity index is 1.31. The lowest BCUT2D eigenvalue weighted by molar-refractivity contribution is 0.0772. The topological polar surface area (TPSA) is 58.3 Å². The molecule has 3 heterocycles. The standard InChI is InChI=1S/C25H33N5O/c1-2-10-23(11-3-1)30-14-6-8-21(18-30)17-29(16-20-7-5-13-26-15-20)19-22-9-4-12-24-25(22)28-31-27-24/h4-5,7,9,12-13,15,21,23H,1-3,6,8,10-11,14,16-19H2/t21-/m1/s1. The Morgan fingerprint density at radius 3 is 2.77 bits per heavy atom. The Labute approximate surface area is 184 Å². The highest BCUT2D eigenvalue weighted by Gasteiger charge is 2.28. The summed E-state index contributed by atoms with van der Waals surface area (Å²) >= 11 is 0. The van der Waals surface area contributed by atoms with Gasteiger partial charge in [-0.2, -0.15) is 0 Å². The lowest BCUT2D eigenvalue weighted by Crippen LogP contribution is -2.46. The fourth-order valence-electron chi connectivity index (χ4n) is 5.55. The smallest absolute Gasteiger partial charge is 0.139 e. The second-order valence-corrected chi connectivity index (χ2v) is 9.38. The van der Waals surface area contributed by atoms with Crippen molar-refractivity contribution in [2.45, 2.75) is 64.1 Å². The van der Waals surface area contributed by atoms with Crippen LogP contribution in [0.25, 0.3) is 11.0 Å². The summed E-state index contributed by atoms with van der Waals surface area (Å²) < 4.78 is 5.00. The Hall–Kier alpha value is -2.31. The molecule has 0 N–H and O–H groups in total. The van der Waals surface area contributed by atoms with Gasteiger partial charge in [-0.3, -0.25) is 9.88 Å². The molecule has 5 rings (SSSR count). The highest BCUT2D eigenvalue weighted by atomic mass is 16.6. The second kappa shape index (κ2) is 9.88. The van der Waals surface area contributed by atoms with Crippen molar-refractivity contribution < 1.29 is 4.63 Å². The number of likely N-dealkylation sites (tertiary alicyclic amines) is 1. The van der Waals surface area contributed by atoms with E-state index >= 15 is 0 Å². The molecule has 1 saturated carbocycles. The lowest BCUT2D eigenvalue weighted by Gasteiger charge is -2.41. The van der Waals surface area contributed by atoms with Gasteiger partial charge in [0.2, 0.25) is 0 Å². The first-order chi connectivity index (χ1) is 15.3. The van der Waals surface area contributed by atoms with Gasteiger partial charge in [-0.25, -0.2) is 4.63 Å². The van der Waals surface area contributed by atoms with Crippen molar-refractivity contribution in [3.05, 3.63) is 53.9 Å². The molecule has 3 aromatic rings. The third-order valence-electron chi connectivity index (χ3n) is 7.05. The molecule has 1 aromatic carbocycles. The van der Waals surface area contributed by atoms with Crippen LogP contribution in [0.1, 0.15) is 56.1 Å². The molecule has 6 heteroatoms. The maximum Gasteiger partial charge on any atom is 0.139 e. The van der Waals surface area contributed by atoms with Crippen molar-refractivity contribution in [2.75, 3.05) is 19.6 Å². The zero-order valence-electron chi connectivity index (χ0n) is 18.3. The molecule has 0 amide bonds. The quantitative estimate of drug-likeness (QED) is 0.555. The number of fused-ring (bicyclic) bond motifs is 1. The predicted octanol–water partition coefficient (Wildman–Crippen LogP) is 4.66. The van der Waals surface area contributed by atoms with Gasteiger partial charge < -0.3 is 4.90 Å². The van der Waals surface area contributed by atoms with E-state index in [0.717, 1.165) is 36.7 Å².